The summed E-state index contributed by atoms with van der Waals surface area (Å²) in [5.74, 6) is 1.73. The van der Waals surface area contributed by atoms with Crippen LogP contribution in [0.25, 0.3) is 12.2 Å². The van der Waals surface area contributed by atoms with Crippen molar-refractivity contribution in [2.24, 2.45) is 5.92 Å². The minimum Gasteiger partial charge on any atom is -0.508 e. The lowest BCUT2D eigenvalue weighted by molar-refractivity contribution is 0.209. The van der Waals surface area contributed by atoms with E-state index in [0.29, 0.717) is 5.92 Å². The van der Waals surface area contributed by atoms with E-state index in [4.69, 9.17) is 4.74 Å². The van der Waals surface area contributed by atoms with Gasteiger partial charge >= 0.3 is 0 Å². The Balaban J connectivity index is 1.56. The summed E-state index contributed by atoms with van der Waals surface area (Å²) in [6, 6.07) is 12.5. The molecule has 0 heterocycles. The zero-order valence-electron chi connectivity index (χ0n) is 13.8. The highest BCUT2D eigenvalue weighted by Crippen LogP contribution is 2.25. The number of benzene rings is 2. The van der Waals surface area contributed by atoms with Crippen molar-refractivity contribution < 1.29 is 14.9 Å². The van der Waals surface area contributed by atoms with Gasteiger partial charge in [-0.1, -0.05) is 43.5 Å². The Morgan fingerprint density at radius 1 is 0.833 bits per heavy atom. The average molecular weight is 324 g/mol. The van der Waals surface area contributed by atoms with Crippen LogP contribution in [0.4, 0.5) is 0 Å². The van der Waals surface area contributed by atoms with Gasteiger partial charge < -0.3 is 14.9 Å². The van der Waals surface area contributed by atoms with E-state index in [0.717, 1.165) is 23.5 Å². The summed E-state index contributed by atoms with van der Waals surface area (Å²) in [5.41, 5.74) is 1.80. The molecule has 3 nitrogen and oxygen atoms in total. The van der Waals surface area contributed by atoms with Crippen molar-refractivity contribution >= 4 is 12.2 Å². The third-order valence-corrected chi connectivity index (χ3v) is 4.48. The molecule has 126 valence electrons. The Morgan fingerprint density at radius 3 is 2.12 bits per heavy atom. The van der Waals surface area contributed by atoms with Crippen LogP contribution < -0.4 is 4.74 Å². The first-order valence-corrected chi connectivity index (χ1v) is 8.63. The molecule has 1 fully saturated rings. The zero-order chi connectivity index (χ0) is 16.8. The van der Waals surface area contributed by atoms with E-state index >= 15 is 0 Å². The fourth-order valence-corrected chi connectivity index (χ4v) is 3.15. The number of hydrogen-bond acceptors (Lipinski definition) is 3. The minimum absolute atomic E-state index is 0.0566. The molecule has 0 spiro atoms. The fourth-order valence-electron chi connectivity index (χ4n) is 3.15. The van der Waals surface area contributed by atoms with Crippen molar-refractivity contribution in [3.8, 4) is 17.2 Å². The summed E-state index contributed by atoms with van der Waals surface area (Å²) >= 11 is 0. The maximum Gasteiger partial charge on any atom is 0.119 e. The van der Waals surface area contributed by atoms with Gasteiger partial charge in [0.2, 0.25) is 0 Å². The monoisotopic (exact) mass is 324 g/mol. The maximum absolute atomic E-state index is 9.48. The molecule has 0 unspecified atom stereocenters. The Kier molecular flexibility index (Phi) is 5.42. The van der Waals surface area contributed by atoms with Gasteiger partial charge in [-0.15, -0.1) is 0 Å². The van der Waals surface area contributed by atoms with Crippen LogP contribution in [0.5, 0.6) is 17.2 Å². The second-order valence-corrected chi connectivity index (χ2v) is 6.50. The highest BCUT2D eigenvalue weighted by molar-refractivity contribution is 5.71. The summed E-state index contributed by atoms with van der Waals surface area (Å²) in [5, 5.41) is 19.0. The van der Waals surface area contributed by atoms with Gasteiger partial charge in [-0.3, -0.25) is 0 Å². The van der Waals surface area contributed by atoms with E-state index in [1.807, 2.05) is 36.4 Å². The third-order valence-electron chi connectivity index (χ3n) is 4.48. The molecule has 0 radical (unpaired) electrons. The van der Waals surface area contributed by atoms with Crippen LogP contribution in [0.3, 0.4) is 0 Å². The first kappa shape index (κ1) is 16.4. The highest BCUT2D eigenvalue weighted by Gasteiger charge is 2.13. The predicted octanol–water partition coefficient (Wildman–Crippen LogP) is 5.23. The average Bonchev–Trinajstić information content (AvgIpc) is 2.59. The Labute approximate surface area is 143 Å². The van der Waals surface area contributed by atoms with E-state index in [1.165, 1.54) is 38.2 Å². The minimum atomic E-state index is 0.0566. The second-order valence-electron chi connectivity index (χ2n) is 6.50. The Bertz CT molecular complexity index is 662. The first-order valence-electron chi connectivity index (χ1n) is 8.63. The molecular weight excluding hydrogens is 300 g/mol. The second kappa shape index (κ2) is 7.91. The maximum atomic E-state index is 9.48. The molecule has 0 bridgehead atoms. The molecule has 24 heavy (non-hydrogen) atoms. The standard InChI is InChI=1S/C21H24O3/c22-19-12-18(13-20(23)14-19)7-6-16-8-10-21(11-9-16)24-15-17-4-2-1-3-5-17/h6-14,17,22-23H,1-5,15H2/b7-6+. The van der Waals surface area contributed by atoms with Crippen molar-refractivity contribution in [1.29, 1.82) is 0 Å². The molecule has 0 saturated heterocycles. The summed E-state index contributed by atoms with van der Waals surface area (Å²) in [7, 11) is 0. The summed E-state index contributed by atoms with van der Waals surface area (Å²) in [6.45, 7) is 0.817. The van der Waals surface area contributed by atoms with Crippen LogP contribution in [0.2, 0.25) is 0 Å². The molecule has 1 saturated carbocycles. The number of hydrogen-bond donors (Lipinski definition) is 2. The van der Waals surface area contributed by atoms with Crippen LogP contribution in [0.1, 0.15) is 43.2 Å². The molecule has 0 aromatic heterocycles. The lowest BCUT2D eigenvalue weighted by atomic mass is 9.90. The molecule has 0 aliphatic heterocycles. The number of phenols is 2. The normalized spacial score (nSPS) is 15.7. The number of ether oxygens (including phenoxy) is 1. The van der Waals surface area contributed by atoms with Crippen LogP contribution in [0, 0.1) is 5.92 Å². The third kappa shape index (κ3) is 4.79. The van der Waals surface area contributed by atoms with Crippen LogP contribution in [-0.4, -0.2) is 16.8 Å². The molecule has 1 aliphatic rings. The summed E-state index contributed by atoms with van der Waals surface area (Å²) < 4.78 is 5.90. The van der Waals surface area contributed by atoms with Crippen molar-refractivity contribution in [2.45, 2.75) is 32.1 Å². The van der Waals surface area contributed by atoms with E-state index in [1.54, 1.807) is 12.1 Å². The van der Waals surface area contributed by atoms with Crippen molar-refractivity contribution in [3.05, 3.63) is 53.6 Å². The molecule has 2 aromatic carbocycles. The van der Waals surface area contributed by atoms with Gasteiger partial charge in [0.15, 0.2) is 0 Å². The predicted molar refractivity (Wildman–Crippen MR) is 97.2 cm³/mol. The van der Waals surface area contributed by atoms with E-state index < -0.39 is 0 Å². The quantitative estimate of drug-likeness (QED) is 0.741. The van der Waals surface area contributed by atoms with Gasteiger partial charge in [0.1, 0.15) is 17.2 Å². The number of rotatable bonds is 5. The van der Waals surface area contributed by atoms with E-state index in [9.17, 15) is 10.2 Å². The first-order chi connectivity index (χ1) is 11.7. The molecule has 2 N–H and O–H groups in total. The molecule has 3 rings (SSSR count). The molecule has 0 amide bonds. The van der Waals surface area contributed by atoms with Crippen molar-refractivity contribution in [2.75, 3.05) is 6.61 Å². The largest absolute Gasteiger partial charge is 0.508 e. The van der Waals surface area contributed by atoms with Gasteiger partial charge in [-0.05, 0) is 54.2 Å². The topological polar surface area (TPSA) is 49.7 Å². The van der Waals surface area contributed by atoms with Crippen LogP contribution in [0.15, 0.2) is 42.5 Å². The van der Waals surface area contributed by atoms with Gasteiger partial charge in [-0.2, -0.15) is 0 Å². The van der Waals surface area contributed by atoms with Gasteiger partial charge in [0.05, 0.1) is 6.61 Å². The van der Waals surface area contributed by atoms with Gasteiger partial charge in [0, 0.05) is 6.07 Å². The van der Waals surface area contributed by atoms with Crippen molar-refractivity contribution in [1.82, 2.24) is 0 Å². The Hall–Kier alpha value is -2.42. The van der Waals surface area contributed by atoms with Crippen molar-refractivity contribution in [3.63, 3.8) is 0 Å². The van der Waals surface area contributed by atoms with E-state index in [-0.39, 0.29) is 11.5 Å². The molecule has 0 atom stereocenters. The van der Waals surface area contributed by atoms with Gasteiger partial charge in [0.25, 0.3) is 0 Å². The number of phenolic OH excluding ortho intramolecular Hbond substituents is 2. The molecular formula is C21H24O3. The summed E-state index contributed by atoms with van der Waals surface area (Å²) in [4.78, 5) is 0. The van der Waals surface area contributed by atoms with Crippen LogP contribution in [-0.2, 0) is 0 Å². The smallest absolute Gasteiger partial charge is 0.119 e. The van der Waals surface area contributed by atoms with E-state index in [2.05, 4.69) is 0 Å². The fraction of sp³-hybridized carbons (Fsp3) is 0.333. The Morgan fingerprint density at radius 2 is 1.46 bits per heavy atom. The number of aromatic hydroxyl groups is 2. The molecule has 1 aliphatic carbocycles. The summed E-state index contributed by atoms with van der Waals surface area (Å²) in [6.07, 6.45) is 10.4. The molecule has 3 heteroatoms. The van der Waals surface area contributed by atoms with Gasteiger partial charge in [-0.25, -0.2) is 0 Å². The zero-order valence-corrected chi connectivity index (χ0v) is 13.8. The highest BCUT2D eigenvalue weighted by atomic mass is 16.5. The SMILES string of the molecule is Oc1cc(O)cc(/C=C/c2ccc(OCC3CCCCC3)cc2)c1. The van der Waals surface area contributed by atoms with Crippen LogP contribution >= 0.6 is 0 Å². The molecule has 2 aromatic rings. The lowest BCUT2D eigenvalue weighted by Crippen LogP contribution is -2.15. The lowest BCUT2D eigenvalue weighted by Gasteiger charge is -2.21.